The highest BCUT2D eigenvalue weighted by Gasteiger charge is 2.10. The lowest BCUT2D eigenvalue weighted by atomic mass is 10.1. The van der Waals surface area contributed by atoms with Gasteiger partial charge in [0.2, 0.25) is 5.91 Å². The number of amides is 1. The molecule has 0 aliphatic carbocycles. The van der Waals surface area contributed by atoms with Crippen molar-refractivity contribution in [1.29, 1.82) is 0 Å². The lowest BCUT2D eigenvalue weighted by Crippen LogP contribution is -2.25. The minimum absolute atomic E-state index is 0.0199. The van der Waals surface area contributed by atoms with Gasteiger partial charge < -0.3 is 0 Å². The summed E-state index contributed by atoms with van der Waals surface area (Å²) in [6, 6.07) is 3.96. The van der Waals surface area contributed by atoms with Gasteiger partial charge in [0, 0.05) is 20.2 Å². The molecule has 1 amide bonds. The molecule has 1 rings (SSSR count). The number of carbonyl (C=O) groups is 1. The van der Waals surface area contributed by atoms with E-state index in [2.05, 4.69) is 11.9 Å². The van der Waals surface area contributed by atoms with E-state index in [9.17, 15) is 4.79 Å². The Morgan fingerprint density at radius 3 is 2.87 bits per heavy atom. The van der Waals surface area contributed by atoms with Gasteiger partial charge in [0.25, 0.3) is 0 Å². The Kier molecular flexibility index (Phi) is 4.28. The first kappa shape index (κ1) is 11.7. The van der Waals surface area contributed by atoms with Crippen molar-refractivity contribution in [2.45, 2.75) is 33.1 Å². The van der Waals surface area contributed by atoms with Gasteiger partial charge in [0.15, 0.2) is 0 Å². The summed E-state index contributed by atoms with van der Waals surface area (Å²) in [6.07, 6.45) is 4.99. The van der Waals surface area contributed by atoms with Crippen LogP contribution in [0.4, 0.5) is 5.82 Å². The standard InChI is InChI=1S/C12H18N2O/c1-4-5-7-11-8-6-9-13-12(11)14(3)10(2)15/h6,8-9H,4-5,7H2,1-3H3. The largest absolute Gasteiger partial charge is 0.300 e. The van der Waals surface area contributed by atoms with Crippen LogP contribution in [-0.2, 0) is 11.2 Å². The highest BCUT2D eigenvalue weighted by atomic mass is 16.2. The fraction of sp³-hybridized carbons (Fsp3) is 0.500. The predicted octanol–water partition coefficient (Wildman–Crippen LogP) is 2.41. The lowest BCUT2D eigenvalue weighted by Gasteiger charge is -2.17. The summed E-state index contributed by atoms with van der Waals surface area (Å²) < 4.78 is 0. The summed E-state index contributed by atoms with van der Waals surface area (Å²) in [6.45, 7) is 3.71. The van der Waals surface area contributed by atoms with E-state index in [1.165, 1.54) is 0 Å². The quantitative estimate of drug-likeness (QED) is 0.758. The summed E-state index contributed by atoms with van der Waals surface area (Å²) in [7, 11) is 1.76. The van der Waals surface area contributed by atoms with Crippen molar-refractivity contribution < 1.29 is 4.79 Å². The number of carbonyl (C=O) groups excluding carboxylic acids is 1. The second kappa shape index (κ2) is 5.49. The number of aryl methyl sites for hydroxylation is 1. The van der Waals surface area contributed by atoms with E-state index < -0.39 is 0 Å². The van der Waals surface area contributed by atoms with Crippen LogP contribution in [0.2, 0.25) is 0 Å². The van der Waals surface area contributed by atoms with Crippen LogP contribution in [0.3, 0.4) is 0 Å². The highest BCUT2D eigenvalue weighted by molar-refractivity contribution is 5.90. The molecule has 0 N–H and O–H groups in total. The van der Waals surface area contributed by atoms with Gasteiger partial charge in [-0.05, 0) is 24.5 Å². The van der Waals surface area contributed by atoms with Crippen molar-refractivity contribution in [3.8, 4) is 0 Å². The number of rotatable bonds is 4. The average Bonchev–Trinajstić information content (AvgIpc) is 2.25. The second-order valence-electron chi connectivity index (χ2n) is 3.67. The van der Waals surface area contributed by atoms with Crippen LogP contribution in [0.1, 0.15) is 32.3 Å². The van der Waals surface area contributed by atoms with Crippen molar-refractivity contribution >= 4 is 11.7 Å². The summed E-state index contributed by atoms with van der Waals surface area (Å²) in [5.41, 5.74) is 1.15. The molecule has 0 radical (unpaired) electrons. The summed E-state index contributed by atoms with van der Waals surface area (Å²) in [4.78, 5) is 17.1. The Labute approximate surface area is 91.1 Å². The zero-order valence-electron chi connectivity index (χ0n) is 9.66. The molecule has 0 saturated carbocycles. The number of nitrogens with zero attached hydrogens (tertiary/aromatic N) is 2. The lowest BCUT2D eigenvalue weighted by molar-refractivity contribution is -0.116. The molecule has 0 fully saturated rings. The zero-order valence-corrected chi connectivity index (χ0v) is 9.66. The molecular weight excluding hydrogens is 188 g/mol. The molecule has 0 bridgehead atoms. The van der Waals surface area contributed by atoms with E-state index >= 15 is 0 Å². The molecule has 0 atom stereocenters. The number of hydrogen-bond acceptors (Lipinski definition) is 2. The second-order valence-corrected chi connectivity index (χ2v) is 3.67. The molecule has 1 aromatic rings. The van der Waals surface area contributed by atoms with Gasteiger partial charge >= 0.3 is 0 Å². The molecule has 1 aromatic heterocycles. The van der Waals surface area contributed by atoms with E-state index in [4.69, 9.17) is 0 Å². The predicted molar refractivity (Wildman–Crippen MR) is 61.9 cm³/mol. The molecule has 0 saturated heterocycles. The van der Waals surface area contributed by atoms with Crippen molar-refractivity contribution in [3.05, 3.63) is 23.9 Å². The van der Waals surface area contributed by atoms with E-state index in [0.29, 0.717) is 0 Å². The number of pyridine rings is 1. The van der Waals surface area contributed by atoms with E-state index in [1.807, 2.05) is 12.1 Å². The molecule has 3 nitrogen and oxygen atoms in total. The Bertz CT molecular complexity index is 336. The fourth-order valence-corrected chi connectivity index (χ4v) is 1.44. The Morgan fingerprint density at radius 1 is 1.53 bits per heavy atom. The minimum Gasteiger partial charge on any atom is -0.300 e. The van der Waals surface area contributed by atoms with Crippen molar-refractivity contribution in [3.63, 3.8) is 0 Å². The van der Waals surface area contributed by atoms with Crippen LogP contribution in [0.25, 0.3) is 0 Å². The number of anilines is 1. The molecule has 1 heterocycles. The Hall–Kier alpha value is -1.38. The fourth-order valence-electron chi connectivity index (χ4n) is 1.44. The normalized spacial score (nSPS) is 10.1. The molecular formula is C12H18N2O. The first-order chi connectivity index (χ1) is 7.16. The topological polar surface area (TPSA) is 33.2 Å². The SMILES string of the molecule is CCCCc1cccnc1N(C)C(C)=O. The first-order valence-corrected chi connectivity index (χ1v) is 5.35. The Morgan fingerprint density at radius 2 is 2.27 bits per heavy atom. The van der Waals surface area contributed by atoms with E-state index in [-0.39, 0.29) is 5.91 Å². The zero-order chi connectivity index (χ0) is 11.3. The van der Waals surface area contributed by atoms with Crippen LogP contribution < -0.4 is 4.90 Å². The summed E-state index contributed by atoms with van der Waals surface area (Å²) >= 11 is 0. The van der Waals surface area contributed by atoms with Crippen LogP contribution in [0.5, 0.6) is 0 Å². The molecule has 15 heavy (non-hydrogen) atoms. The van der Waals surface area contributed by atoms with Crippen molar-refractivity contribution in [2.75, 3.05) is 11.9 Å². The maximum Gasteiger partial charge on any atom is 0.224 e. The number of aromatic nitrogens is 1. The van der Waals surface area contributed by atoms with Gasteiger partial charge in [0.1, 0.15) is 5.82 Å². The maximum absolute atomic E-state index is 11.3. The molecule has 3 heteroatoms. The van der Waals surface area contributed by atoms with Gasteiger partial charge in [-0.15, -0.1) is 0 Å². The van der Waals surface area contributed by atoms with Gasteiger partial charge in [-0.2, -0.15) is 0 Å². The van der Waals surface area contributed by atoms with E-state index in [0.717, 1.165) is 30.6 Å². The van der Waals surface area contributed by atoms with Crippen molar-refractivity contribution in [1.82, 2.24) is 4.98 Å². The van der Waals surface area contributed by atoms with Gasteiger partial charge in [-0.1, -0.05) is 19.4 Å². The van der Waals surface area contributed by atoms with Gasteiger partial charge in [-0.3, -0.25) is 9.69 Å². The molecule has 0 aromatic carbocycles. The summed E-state index contributed by atoms with van der Waals surface area (Å²) in [5, 5.41) is 0. The third-order valence-corrected chi connectivity index (χ3v) is 2.46. The van der Waals surface area contributed by atoms with E-state index in [1.54, 1.807) is 25.1 Å². The smallest absolute Gasteiger partial charge is 0.224 e. The molecule has 0 spiro atoms. The summed E-state index contributed by atoms with van der Waals surface area (Å²) in [5.74, 6) is 0.810. The van der Waals surface area contributed by atoms with Gasteiger partial charge in [-0.25, -0.2) is 4.98 Å². The Balaban J connectivity index is 2.90. The number of unbranched alkanes of at least 4 members (excludes halogenated alkanes) is 1. The molecule has 0 unspecified atom stereocenters. The molecule has 82 valence electrons. The van der Waals surface area contributed by atoms with Crippen LogP contribution >= 0.6 is 0 Å². The monoisotopic (exact) mass is 206 g/mol. The van der Waals surface area contributed by atoms with Gasteiger partial charge in [0.05, 0.1) is 0 Å². The van der Waals surface area contributed by atoms with Crippen LogP contribution in [0, 0.1) is 0 Å². The van der Waals surface area contributed by atoms with Crippen LogP contribution in [0.15, 0.2) is 18.3 Å². The van der Waals surface area contributed by atoms with Crippen LogP contribution in [-0.4, -0.2) is 17.9 Å². The number of hydrogen-bond donors (Lipinski definition) is 0. The van der Waals surface area contributed by atoms with Crippen molar-refractivity contribution in [2.24, 2.45) is 0 Å². The third kappa shape index (κ3) is 3.05. The minimum atomic E-state index is 0.0199. The third-order valence-electron chi connectivity index (χ3n) is 2.46. The maximum atomic E-state index is 11.3. The molecule has 0 aliphatic heterocycles. The highest BCUT2D eigenvalue weighted by Crippen LogP contribution is 2.17. The first-order valence-electron chi connectivity index (χ1n) is 5.35. The average molecular weight is 206 g/mol. The molecule has 0 aliphatic rings.